The molecule has 0 fully saturated rings. The fourth-order valence-electron chi connectivity index (χ4n) is 1.58. The van der Waals surface area contributed by atoms with E-state index >= 15 is 0 Å². The molecule has 8 nitrogen and oxygen atoms in total. The minimum Gasteiger partial charge on any atom is -0.288 e. The van der Waals surface area contributed by atoms with Gasteiger partial charge in [0, 0.05) is 29.6 Å². The number of anilines is 1. The molecular weight excluding hydrogens is 250 g/mol. The van der Waals surface area contributed by atoms with Gasteiger partial charge in [0.2, 0.25) is 0 Å². The molecule has 0 aliphatic carbocycles. The molecule has 2 rings (SSSR count). The van der Waals surface area contributed by atoms with E-state index in [-0.39, 0.29) is 5.95 Å². The van der Waals surface area contributed by atoms with Gasteiger partial charge in [-0.25, -0.2) is 15.1 Å². The third-order valence-corrected chi connectivity index (χ3v) is 2.39. The monoisotopic (exact) mass is 261 g/mol. The normalized spacial score (nSPS) is 10.2. The van der Waals surface area contributed by atoms with E-state index in [2.05, 4.69) is 15.0 Å². The lowest BCUT2D eigenvalue weighted by molar-refractivity contribution is -0.446. The number of hydrogen-bond donors (Lipinski definition) is 2. The van der Waals surface area contributed by atoms with Gasteiger partial charge in [0.15, 0.2) is 5.03 Å². The second-order valence-electron chi connectivity index (χ2n) is 3.90. The van der Waals surface area contributed by atoms with Gasteiger partial charge in [-0.1, -0.05) is 11.5 Å². The van der Waals surface area contributed by atoms with Crippen LogP contribution in [0.2, 0.25) is 0 Å². The third kappa shape index (κ3) is 3.35. The molecule has 2 aromatic rings. The molecule has 2 N–H and O–H groups in total. The Bertz CT molecular complexity index is 667. The molecule has 0 aromatic carbocycles. The lowest BCUT2D eigenvalue weighted by Gasteiger charge is -2.02. The summed E-state index contributed by atoms with van der Waals surface area (Å²) < 4.78 is 0. The summed E-state index contributed by atoms with van der Waals surface area (Å²) in [5.74, 6) is -0.198. The van der Waals surface area contributed by atoms with Crippen molar-refractivity contribution in [2.45, 2.75) is 13.3 Å². The number of aromatic amines is 1. The fraction of sp³-hybridized carbons (Fsp3) is 0.182. The van der Waals surface area contributed by atoms with Crippen molar-refractivity contribution in [2.75, 3.05) is 5.43 Å². The maximum absolute atomic E-state index is 11.7. The van der Waals surface area contributed by atoms with Gasteiger partial charge in [0.25, 0.3) is 11.5 Å². The Morgan fingerprint density at radius 1 is 1.47 bits per heavy atom. The second kappa shape index (κ2) is 5.25. The molecule has 8 heteroatoms. The maximum Gasteiger partial charge on any atom is 0.265 e. The van der Waals surface area contributed by atoms with Gasteiger partial charge >= 0.3 is 0 Å². The smallest absolute Gasteiger partial charge is 0.265 e. The van der Waals surface area contributed by atoms with Crippen molar-refractivity contribution in [3.8, 4) is 0 Å². The van der Waals surface area contributed by atoms with Crippen LogP contribution in [0.3, 0.4) is 0 Å². The summed E-state index contributed by atoms with van der Waals surface area (Å²) >= 11 is 0. The van der Waals surface area contributed by atoms with E-state index in [0.29, 0.717) is 12.0 Å². The number of rotatable bonds is 4. The van der Waals surface area contributed by atoms with Gasteiger partial charge in [-0.15, -0.1) is 0 Å². The van der Waals surface area contributed by atoms with Gasteiger partial charge in [0.1, 0.15) is 0 Å². The minimum atomic E-state index is -0.792. The molecule has 2 aromatic heterocycles. The van der Waals surface area contributed by atoms with Crippen molar-refractivity contribution in [3.63, 3.8) is 0 Å². The zero-order valence-corrected chi connectivity index (χ0v) is 10.1. The highest BCUT2D eigenvalue weighted by atomic mass is 16.7. The Balaban J connectivity index is 2.22. The quantitative estimate of drug-likeness (QED) is 0.617. The Labute approximate surface area is 107 Å². The standard InChI is InChI=1S/C11H11N5O3/c1-7-3-2-4-9(13-7)5-8-6-12-11(14-10(8)17)15-16(18)19/h2-4,6H,5H2,1H3,(H2,12,14,15,17). The van der Waals surface area contributed by atoms with E-state index in [9.17, 15) is 14.9 Å². The Morgan fingerprint density at radius 2 is 2.26 bits per heavy atom. The first-order valence-electron chi connectivity index (χ1n) is 5.46. The van der Waals surface area contributed by atoms with Crippen LogP contribution in [-0.4, -0.2) is 20.0 Å². The molecule has 0 aliphatic rings. The molecule has 2 heterocycles. The number of hydrogen-bond acceptors (Lipinski definition) is 5. The van der Waals surface area contributed by atoms with Gasteiger partial charge < -0.3 is 0 Å². The summed E-state index contributed by atoms with van der Waals surface area (Å²) in [5, 5.41) is 9.42. The van der Waals surface area contributed by atoms with E-state index in [1.165, 1.54) is 6.20 Å². The number of pyridine rings is 1. The fourth-order valence-corrected chi connectivity index (χ4v) is 1.58. The highest BCUT2D eigenvalue weighted by molar-refractivity contribution is 5.24. The van der Waals surface area contributed by atoms with Crippen LogP contribution in [0, 0.1) is 17.0 Å². The summed E-state index contributed by atoms with van der Waals surface area (Å²) in [6.07, 6.45) is 1.62. The predicted molar refractivity (Wildman–Crippen MR) is 67.3 cm³/mol. The number of hydrazine groups is 1. The van der Waals surface area contributed by atoms with E-state index in [0.717, 1.165) is 11.4 Å². The number of H-pyrrole nitrogens is 1. The SMILES string of the molecule is Cc1cccc(Cc2cnc(N[N+](=O)[O-])[nH]c2=O)n1. The largest absolute Gasteiger partial charge is 0.288 e. The van der Waals surface area contributed by atoms with Crippen LogP contribution in [0.15, 0.2) is 29.2 Å². The number of aromatic nitrogens is 3. The molecule has 98 valence electrons. The van der Waals surface area contributed by atoms with Gasteiger partial charge in [-0.2, -0.15) is 0 Å². The average molecular weight is 261 g/mol. The second-order valence-corrected chi connectivity index (χ2v) is 3.90. The van der Waals surface area contributed by atoms with Crippen molar-refractivity contribution in [3.05, 3.63) is 61.8 Å². The molecule has 0 saturated carbocycles. The van der Waals surface area contributed by atoms with Crippen LogP contribution >= 0.6 is 0 Å². The topological polar surface area (TPSA) is 114 Å². The summed E-state index contributed by atoms with van der Waals surface area (Å²) in [7, 11) is 0. The van der Waals surface area contributed by atoms with E-state index < -0.39 is 10.6 Å². The first kappa shape index (κ1) is 12.7. The summed E-state index contributed by atoms with van der Waals surface area (Å²) in [6.45, 7) is 1.86. The van der Waals surface area contributed by atoms with Crippen molar-refractivity contribution < 1.29 is 5.03 Å². The van der Waals surface area contributed by atoms with E-state index in [1.54, 1.807) is 11.5 Å². The average Bonchev–Trinajstić information content (AvgIpc) is 2.32. The van der Waals surface area contributed by atoms with Crippen molar-refractivity contribution in [1.29, 1.82) is 0 Å². The first-order valence-corrected chi connectivity index (χ1v) is 5.46. The minimum absolute atomic E-state index is 0.198. The zero-order chi connectivity index (χ0) is 13.8. The van der Waals surface area contributed by atoms with Crippen molar-refractivity contribution in [2.24, 2.45) is 0 Å². The number of nitrogens with one attached hydrogen (secondary N) is 2. The molecule has 0 amide bonds. The lowest BCUT2D eigenvalue weighted by atomic mass is 10.1. The van der Waals surface area contributed by atoms with Crippen LogP contribution in [-0.2, 0) is 6.42 Å². The van der Waals surface area contributed by atoms with Gasteiger partial charge in [-0.3, -0.25) is 14.8 Å². The highest BCUT2D eigenvalue weighted by Gasteiger charge is 2.07. The number of nitro groups is 1. The molecule has 0 atom stereocenters. The lowest BCUT2D eigenvalue weighted by Crippen LogP contribution is -2.19. The third-order valence-electron chi connectivity index (χ3n) is 2.39. The number of aryl methyl sites for hydroxylation is 1. The van der Waals surface area contributed by atoms with E-state index in [1.807, 2.05) is 19.1 Å². The van der Waals surface area contributed by atoms with E-state index in [4.69, 9.17) is 0 Å². The molecule has 0 aliphatic heterocycles. The Hall–Kier alpha value is -2.77. The van der Waals surface area contributed by atoms with Crippen molar-refractivity contribution >= 4 is 5.95 Å². The Morgan fingerprint density at radius 3 is 2.89 bits per heavy atom. The zero-order valence-electron chi connectivity index (χ0n) is 10.1. The number of nitrogens with zero attached hydrogens (tertiary/aromatic N) is 3. The molecule has 0 bridgehead atoms. The molecule has 19 heavy (non-hydrogen) atoms. The molecular formula is C11H11N5O3. The van der Waals surface area contributed by atoms with Crippen LogP contribution in [0.5, 0.6) is 0 Å². The van der Waals surface area contributed by atoms with Crippen LogP contribution in [0.1, 0.15) is 17.0 Å². The van der Waals surface area contributed by atoms with Gasteiger partial charge in [-0.05, 0) is 19.1 Å². The molecule has 0 saturated heterocycles. The summed E-state index contributed by atoms with van der Waals surface area (Å²) in [5.41, 5.74) is 3.35. The van der Waals surface area contributed by atoms with Crippen molar-refractivity contribution in [1.82, 2.24) is 15.0 Å². The molecule has 0 radical (unpaired) electrons. The summed E-state index contributed by atoms with van der Waals surface area (Å²) in [4.78, 5) is 32.3. The highest BCUT2D eigenvalue weighted by Crippen LogP contribution is 2.04. The summed E-state index contributed by atoms with van der Waals surface area (Å²) in [6, 6.07) is 5.51. The predicted octanol–water partition coefficient (Wildman–Crippen LogP) is 0.668. The van der Waals surface area contributed by atoms with Crippen LogP contribution in [0.4, 0.5) is 5.95 Å². The Kier molecular flexibility index (Phi) is 3.51. The molecule has 0 unspecified atom stereocenters. The van der Waals surface area contributed by atoms with Crippen LogP contribution in [0.25, 0.3) is 0 Å². The molecule has 0 spiro atoms. The maximum atomic E-state index is 11.7. The van der Waals surface area contributed by atoms with Gasteiger partial charge in [0.05, 0.1) is 0 Å². The first-order chi connectivity index (χ1) is 9.04. The van der Waals surface area contributed by atoms with Crippen LogP contribution < -0.4 is 11.0 Å².